The minimum Gasteiger partial charge on any atom is -0.353 e. The summed E-state index contributed by atoms with van der Waals surface area (Å²) in [4.78, 5) is 36.4. The van der Waals surface area contributed by atoms with E-state index in [1.54, 1.807) is 48.6 Å². The van der Waals surface area contributed by atoms with Crippen LogP contribution >= 0.6 is 11.6 Å². The van der Waals surface area contributed by atoms with Gasteiger partial charge in [-0.3, -0.25) is 9.59 Å². The maximum Gasteiger partial charge on any atom is 0.251 e. The predicted octanol–water partition coefficient (Wildman–Crippen LogP) is 2.61. The molecule has 124 valence electrons. The molecule has 0 radical (unpaired) electrons. The minimum atomic E-state index is -0.162. The number of carbonyl (C=O) groups is 2. The van der Waals surface area contributed by atoms with Gasteiger partial charge in [0.1, 0.15) is 11.7 Å². The molecule has 1 amide bonds. The monoisotopic (exact) mass is 352 g/mol. The Hall–Kier alpha value is -2.86. The van der Waals surface area contributed by atoms with Crippen LogP contribution in [0.1, 0.15) is 15.9 Å². The molecule has 2 aliphatic heterocycles. The van der Waals surface area contributed by atoms with Crippen LogP contribution in [0.3, 0.4) is 0 Å². The fourth-order valence-corrected chi connectivity index (χ4v) is 3.74. The quantitative estimate of drug-likeness (QED) is 0.568. The number of likely N-dealkylation sites (N-methyl/N-ethyl adjacent to an activating group) is 1. The molecule has 7 heteroatoms. The zero-order valence-corrected chi connectivity index (χ0v) is 14.0. The van der Waals surface area contributed by atoms with Crippen LogP contribution in [-0.4, -0.2) is 41.3 Å². The smallest absolute Gasteiger partial charge is 0.251 e. The Morgan fingerprint density at radius 1 is 1.32 bits per heavy atom. The van der Waals surface area contributed by atoms with E-state index in [0.29, 0.717) is 28.3 Å². The molecule has 25 heavy (non-hydrogen) atoms. The topological polar surface area (TPSA) is 69.1 Å². The van der Waals surface area contributed by atoms with Crippen LogP contribution in [0.4, 0.5) is 11.4 Å². The number of aromatic amines is 1. The Morgan fingerprint density at radius 3 is 2.92 bits per heavy atom. The summed E-state index contributed by atoms with van der Waals surface area (Å²) < 4.78 is 0. The van der Waals surface area contributed by atoms with Crippen molar-refractivity contribution in [3.63, 3.8) is 0 Å². The maximum atomic E-state index is 13.1. The number of amides is 1. The molecule has 1 fully saturated rings. The summed E-state index contributed by atoms with van der Waals surface area (Å²) in [5.74, 6) is -0.104. The molecule has 5 rings (SSSR count). The van der Waals surface area contributed by atoms with E-state index >= 15 is 0 Å². The van der Waals surface area contributed by atoms with E-state index in [1.807, 2.05) is 4.90 Å². The maximum absolute atomic E-state index is 13.1. The number of anilines is 2. The third-order valence-electron chi connectivity index (χ3n) is 4.89. The fourth-order valence-electron chi connectivity index (χ4n) is 3.51. The molecule has 0 bridgehead atoms. The first-order valence-electron chi connectivity index (χ1n) is 7.91. The summed E-state index contributed by atoms with van der Waals surface area (Å²) in [5, 5.41) is 1.15. The third-order valence-corrected chi connectivity index (χ3v) is 5.22. The van der Waals surface area contributed by atoms with Crippen LogP contribution in [0.15, 0.2) is 36.7 Å². The number of halogens is 1. The largest absolute Gasteiger partial charge is 0.353 e. The lowest BCUT2D eigenvalue weighted by Crippen LogP contribution is -2.36. The average Bonchev–Trinajstić information content (AvgIpc) is 3.30. The van der Waals surface area contributed by atoms with Crippen molar-refractivity contribution in [2.45, 2.75) is 6.04 Å². The second-order valence-electron chi connectivity index (χ2n) is 6.29. The highest BCUT2D eigenvalue weighted by Gasteiger charge is 2.49. The molecule has 0 aliphatic carbocycles. The molecule has 1 atom stereocenters. The first-order chi connectivity index (χ1) is 12.1. The highest BCUT2D eigenvalue weighted by atomic mass is 35.5. The highest BCUT2D eigenvalue weighted by Crippen LogP contribution is 2.47. The molecule has 1 saturated heterocycles. The molecular weight excluding hydrogens is 340 g/mol. The number of fused-ring (bicyclic) bond motifs is 5. The van der Waals surface area contributed by atoms with Gasteiger partial charge in [0, 0.05) is 25.4 Å². The highest BCUT2D eigenvalue weighted by molar-refractivity contribution is 6.36. The summed E-state index contributed by atoms with van der Waals surface area (Å²) in [5.41, 5.74) is 3.20. The van der Waals surface area contributed by atoms with Gasteiger partial charge in [-0.25, -0.2) is 4.98 Å². The number of nitrogens with one attached hydrogen (secondary N) is 1. The van der Waals surface area contributed by atoms with Gasteiger partial charge in [0.2, 0.25) is 0 Å². The number of hydrogen-bond donors (Lipinski definition) is 1. The molecule has 3 aromatic rings. The van der Waals surface area contributed by atoms with E-state index in [4.69, 9.17) is 11.6 Å². The number of nitrogens with zero attached hydrogens (tertiary/aromatic N) is 3. The van der Waals surface area contributed by atoms with Gasteiger partial charge in [-0.05, 0) is 12.1 Å². The van der Waals surface area contributed by atoms with Crippen molar-refractivity contribution >= 4 is 45.7 Å². The fraction of sp³-hybridized carbons (Fsp3) is 0.167. The van der Waals surface area contributed by atoms with E-state index in [-0.39, 0.29) is 17.7 Å². The number of pyridine rings is 1. The van der Waals surface area contributed by atoms with Gasteiger partial charge in [-0.1, -0.05) is 23.7 Å². The summed E-state index contributed by atoms with van der Waals surface area (Å²) in [6.07, 6.45) is 3.34. The molecule has 1 aromatic carbocycles. The molecule has 6 nitrogen and oxygen atoms in total. The molecule has 1 N–H and O–H groups in total. The van der Waals surface area contributed by atoms with Crippen LogP contribution < -0.4 is 9.80 Å². The Morgan fingerprint density at radius 2 is 2.12 bits per heavy atom. The van der Waals surface area contributed by atoms with E-state index < -0.39 is 0 Å². The molecule has 4 heterocycles. The second-order valence-corrected chi connectivity index (χ2v) is 6.70. The van der Waals surface area contributed by atoms with Gasteiger partial charge in [0.25, 0.3) is 5.91 Å². The average molecular weight is 353 g/mol. The summed E-state index contributed by atoms with van der Waals surface area (Å²) in [6, 6.07) is 6.85. The number of rotatable bonds is 2. The molecular formula is C18H13ClN4O2. The minimum absolute atomic E-state index is 0.0585. The SMILES string of the molecule is CN1C(=O)C2CN2c2c1cnc1[nH]cc(C(=O)c3ccccc3Cl)c21. The Labute approximate surface area is 148 Å². The van der Waals surface area contributed by atoms with Crippen molar-refractivity contribution in [3.8, 4) is 0 Å². The van der Waals surface area contributed by atoms with E-state index in [1.165, 1.54) is 0 Å². The first-order valence-corrected chi connectivity index (χ1v) is 8.29. The Kier molecular flexibility index (Phi) is 2.80. The Balaban J connectivity index is 1.75. The zero-order chi connectivity index (χ0) is 17.3. The zero-order valence-electron chi connectivity index (χ0n) is 13.3. The number of hydrogen-bond acceptors (Lipinski definition) is 4. The number of ketones is 1. The first kappa shape index (κ1) is 14.5. The van der Waals surface area contributed by atoms with Crippen LogP contribution in [0, 0.1) is 0 Å². The lowest BCUT2D eigenvalue weighted by molar-refractivity contribution is -0.117. The molecule has 0 saturated carbocycles. The van der Waals surface area contributed by atoms with Crippen molar-refractivity contribution in [1.82, 2.24) is 9.97 Å². The number of carbonyl (C=O) groups excluding carboxylic acids is 2. The van der Waals surface area contributed by atoms with Crippen molar-refractivity contribution in [2.24, 2.45) is 0 Å². The van der Waals surface area contributed by atoms with Crippen molar-refractivity contribution in [1.29, 1.82) is 0 Å². The number of H-pyrrole nitrogens is 1. The predicted molar refractivity (Wildman–Crippen MR) is 95.5 cm³/mol. The Bertz CT molecular complexity index is 1070. The van der Waals surface area contributed by atoms with Gasteiger partial charge < -0.3 is 14.8 Å². The molecule has 2 aliphatic rings. The van der Waals surface area contributed by atoms with E-state index in [2.05, 4.69) is 9.97 Å². The number of benzene rings is 1. The van der Waals surface area contributed by atoms with E-state index in [0.717, 1.165) is 16.8 Å². The van der Waals surface area contributed by atoms with Crippen molar-refractivity contribution < 1.29 is 9.59 Å². The summed E-state index contributed by atoms with van der Waals surface area (Å²) in [7, 11) is 1.74. The van der Waals surface area contributed by atoms with Gasteiger partial charge in [-0.15, -0.1) is 0 Å². The van der Waals surface area contributed by atoms with Gasteiger partial charge in [0.05, 0.1) is 33.5 Å². The van der Waals surface area contributed by atoms with Crippen LogP contribution in [0.5, 0.6) is 0 Å². The molecule has 2 aromatic heterocycles. The van der Waals surface area contributed by atoms with E-state index in [9.17, 15) is 9.59 Å². The van der Waals surface area contributed by atoms with Gasteiger partial charge >= 0.3 is 0 Å². The van der Waals surface area contributed by atoms with Crippen molar-refractivity contribution in [3.05, 3.63) is 52.8 Å². The number of aromatic nitrogens is 2. The van der Waals surface area contributed by atoms with Crippen molar-refractivity contribution in [2.75, 3.05) is 23.4 Å². The third kappa shape index (κ3) is 1.88. The van der Waals surface area contributed by atoms with Crippen LogP contribution in [0.2, 0.25) is 5.02 Å². The summed E-state index contributed by atoms with van der Waals surface area (Å²) in [6.45, 7) is 0.667. The normalized spacial score (nSPS) is 18.3. The van der Waals surface area contributed by atoms with Crippen LogP contribution in [-0.2, 0) is 4.79 Å². The molecule has 0 spiro atoms. The lowest BCUT2D eigenvalue weighted by Gasteiger charge is -2.26. The van der Waals surface area contributed by atoms with Gasteiger partial charge in [0.15, 0.2) is 5.78 Å². The second kappa shape index (κ2) is 4.83. The summed E-state index contributed by atoms with van der Waals surface area (Å²) >= 11 is 6.20. The molecule has 1 unspecified atom stereocenters. The standard InChI is InChI=1S/C18H13ClN4O2/c1-22-12-7-21-17-14(15(12)23-8-13(23)18(22)25)10(6-20-17)16(24)9-4-2-3-5-11(9)19/h2-7,13H,8H2,1H3,(H,20,21). The van der Waals surface area contributed by atoms with Crippen LogP contribution in [0.25, 0.3) is 11.0 Å². The lowest BCUT2D eigenvalue weighted by atomic mass is 10.0. The van der Waals surface area contributed by atoms with Gasteiger partial charge in [-0.2, -0.15) is 0 Å².